The maximum atomic E-state index is 12.0. The highest BCUT2D eigenvalue weighted by Crippen LogP contribution is 2.32. The third-order valence-electron chi connectivity index (χ3n) is 3.35. The first-order chi connectivity index (χ1) is 9.24. The molecule has 1 saturated heterocycles. The van der Waals surface area contributed by atoms with Crippen molar-refractivity contribution in [3.8, 4) is 0 Å². The van der Waals surface area contributed by atoms with Crippen molar-refractivity contribution in [1.82, 2.24) is 5.32 Å². The molecule has 2 aliphatic rings. The number of carbonyl (C=O) groups is 1. The summed E-state index contributed by atoms with van der Waals surface area (Å²) in [5.74, 6) is 0.876. The van der Waals surface area contributed by atoms with Crippen molar-refractivity contribution in [1.29, 1.82) is 0 Å². The zero-order valence-corrected chi connectivity index (χ0v) is 11.5. The molecule has 0 aromatic heterocycles. The van der Waals surface area contributed by atoms with Crippen LogP contribution < -0.4 is 10.2 Å². The lowest BCUT2D eigenvalue weighted by atomic mass is 10.1. The third-order valence-corrected chi connectivity index (χ3v) is 4.72. The number of nitrogens with zero attached hydrogens (tertiary/aromatic N) is 1. The minimum atomic E-state index is -0.0563. The molecule has 1 N–H and O–H groups in total. The topological polar surface area (TPSA) is 32.3 Å². The van der Waals surface area contributed by atoms with E-state index in [2.05, 4.69) is 35.1 Å². The average molecular weight is 272 g/mol. The molecule has 4 heteroatoms. The number of rotatable bonds is 2. The first-order valence-electron chi connectivity index (χ1n) is 6.36. The Morgan fingerprint density at radius 3 is 2.84 bits per heavy atom. The average Bonchev–Trinajstić information content (AvgIpc) is 2.89. The van der Waals surface area contributed by atoms with Gasteiger partial charge in [-0.15, -0.1) is 11.8 Å². The second-order valence-corrected chi connectivity index (χ2v) is 5.86. The molecule has 0 aliphatic carbocycles. The van der Waals surface area contributed by atoms with Crippen LogP contribution in [-0.4, -0.2) is 23.5 Å². The SMILES string of the molecule is C=C1CSC(C2=CN(c3ccccc3)CC2)C(=O)N1. The van der Waals surface area contributed by atoms with Crippen LogP contribution in [-0.2, 0) is 4.79 Å². The van der Waals surface area contributed by atoms with Gasteiger partial charge in [-0.3, -0.25) is 4.79 Å². The van der Waals surface area contributed by atoms with Crippen LogP contribution in [0.5, 0.6) is 0 Å². The van der Waals surface area contributed by atoms with Crippen molar-refractivity contribution in [3.63, 3.8) is 0 Å². The molecule has 1 amide bonds. The molecular formula is C15H16N2OS. The standard InChI is InChI=1S/C15H16N2OS/c1-11-10-19-14(15(18)16-11)12-7-8-17(9-12)13-5-3-2-4-6-13/h2-6,9,14H,1,7-8,10H2,(H,16,18). The van der Waals surface area contributed by atoms with Gasteiger partial charge in [-0.2, -0.15) is 0 Å². The minimum Gasteiger partial charge on any atom is -0.348 e. The highest BCUT2D eigenvalue weighted by atomic mass is 32.2. The molecule has 0 radical (unpaired) electrons. The van der Waals surface area contributed by atoms with Crippen molar-refractivity contribution >= 4 is 23.4 Å². The predicted molar refractivity (Wildman–Crippen MR) is 80.0 cm³/mol. The smallest absolute Gasteiger partial charge is 0.241 e. The van der Waals surface area contributed by atoms with Crippen LogP contribution in [0.3, 0.4) is 0 Å². The Balaban J connectivity index is 1.76. The number of carbonyl (C=O) groups excluding carboxylic acids is 1. The quantitative estimate of drug-likeness (QED) is 0.898. The summed E-state index contributed by atoms with van der Waals surface area (Å²) in [6, 6.07) is 10.3. The Morgan fingerprint density at radius 2 is 2.11 bits per heavy atom. The summed E-state index contributed by atoms with van der Waals surface area (Å²) in [6.07, 6.45) is 3.08. The van der Waals surface area contributed by atoms with Gasteiger partial charge in [0.1, 0.15) is 5.25 Å². The van der Waals surface area contributed by atoms with Crippen LogP contribution in [0.2, 0.25) is 0 Å². The number of amides is 1. The summed E-state index contributed by atoms with van der Waals surface area (Å²) in [4.78, 5) is 14.2. The number of hydrogen-bond donors (Lipinski definition) is 1. The Labute approximate surface area is 117 Å². The molecule has 3 rings (SSSR count). The fourth-order valence-corrected chi connectivity index (χ4v) is 3.45. The summed E-state index contributed by atoms with van der Waals surface area (Å²) in [5, 5.41) is 2.79. The molecule has 19 heavy (non-hydrogen) atoms. The maximum absolute atomic E-state index is 12.0. The highest BCUT2D eigenvalue weighted by molar-refractivity contribution is 8.01. The van der Waals surface area contributed by atoms with Crippen molar-refractivity contribution in [2.75, 3.05) is 17.2 Å². The molecule has 1 aromatic rings. The van der Waals surface area contributed by atoms with Gasteiger partial charge in [-0.25, -0.2) is 0 Å². The van der Waals surface area contributed by atoms with Gasteiger partial charge < -0.3 is 10.2 Å². The highest BCUT2D eigenvalue weighted by Gasteiger charge is 2.30. The Kier molecular flexibility index (Phi) is 3.34. The van der Waals surface area contributed by atoms with Gasteiger partial charge in [0.2, 0.25) is 5.91 Å². The van der Waals surface area contributed by atoms with E-state index in [0.29, 0.717) is 0 Å². The summed E-state index contributed by atoms with van der Waals surface area (Å²) in [6.45, 7) is 4.75. The van der Waals surface area contributed by atoms with Gasteiger partial charge in [0.25, 0.3) is 0 Å². The summed E-state index contributed by atoms with van der Waals surface area (Å²) >= 11 is 1.67. The van der Waals surface area contributed by atoms with Gasteiger partial charge in [0.05, 0.1) is 0 Å². The van der Waals surface area contributed by atoms with Crippen LogP contribution >= 0.6 is 11.8 Å². The van der Waals surface area contributed by atoms with Crippen LogP contribution in [0.25, 0.3) is 0 Å². The molecule has 0 bridgehead atoms. The molecule has 1 unspecified atom stereocenters. The van der Waals surface area contributed by atoms with Crippen LogP contribution in [0.1, 0.15) is 6.42 Å². The molecule has 1 fully saturated rings. The first kappa shape index (κ1) is 12.4. The van der Waals surface area contributed by atoms with Crippen molar-refractivity contribution in [2.45, 2.75) is 11.7 Å². The van der Waals surface area contributed by atoms with E-state index >= 15 is 0 Å². The van der Waals surface area contributed by atoms with E-state index in [9.17, 15) is 4.79 Å². The Bertz CT molecular complexity index is 538. The van der Waals surface area contributed by atoms with Gasteiger partial charge in [0.15, 0.2) is 0 Å². The maximum Gasteiger partial charge on any atom is 0.241 e. The van der Waals surface area contributed by atoms with Crippen molar-refractivity contribution in [2.24, 2.45) is 0 Å². The van der Waals surface area contributed by atoms with Crippen molar-refractivity contribution in [3.05, 3.63) is 54.4 Å². The summed E-state index contributed by atoms with van der Waals surface area (Å²) in [5.41, 5.74) is 3.20. The number of hydrogen-bond acceptors (Lipinski definition) is 3. The normalized spacial score (nSPS) is 23.3. The summed E-state index contributed by atoms with van der Waals surface area (Å²) in [7, 11) is 0. The molecule has 1 aromatic carbocycles. The van der Waals surface area contributed by atoms with Gasteiger partial charge in [-0.05, 0) is 24.1 Å². The van der Waals surface area contributed by atoms with E-state index < -0.39 is 0 Å². The largest absolute Gasteiger partial charge is 0.348 e. The van der Waals surface area contributed by atoms with E-state index in [4.69, 9.17) is 0 Å². The number of nitrogens with one attached hydrogen (secondary N) is 1. The number of benzene rings is 1. The molecule has 98 valence electrons. The molecule has 2 aliphatic heterocycles. The first-order valence-corrected chi connectivity index (χ1v) is 7.41. The fourth-order valence-electron chi connectivity index (χ4n) is 2.41. The zero-order valence-electron chi connectivity index (χ0n) is 10.6. The van der Waals surface area contributed by atoms with E-state index in [0.717, 1.165) is 24.4 Å². The van der Waals surface area contributed by atoms with Gasteiger partial charge in [-0.1, -0.05) is 24.8 Å². The molecule has 3 nitrogen and oxygen atoms in total. The second-order valence-electron chi connectivity index (χ2n) is 4.77. The van der Waals surface area contributed by atoms with E-state index in [-0.39, 0.29) is 11.2 Å². The van der Waals surface area contributed by atoms with Crippen molar-refractivity contribution < 1.29 is 4.79 Å². The lowest BCUT2D eigenvalue weighted by Crippen LogP contribution is -2.38. The van der Waals surface area contributed by atoms with Crippen LogP contribution in [0.4, 0.5) is 5.69 Å². The summed E-state index contributed by atoms with van der Waals surface area (Å²) < 4.78 is 0. The minimum absolute atomic E-state index is 0.0563. The number of thioether (sulfide) groups is 1. The number of para-hydroxylation sites is 1. The number of anilines is 1. The van der Waals surface area contributed by atoms with Crippen LogP contribution in [0.15, 0.2) is 54.4 Å². The Morgan fingerprint density at radius 1 is 1.32 bits per heavy atom. The lowest BCUT2D eigenvalue weighted by Gasteiger charge is -2.23. The second kappa shape index (κ2) is 5.13. The Hall–Kier alpha value is -1.68. The molecule has 2 heterocycles. The predicted octanol–water partition coefficient (Wildman–Crippen LogP) is 2.53. The molecule has 0 spiro atoms. The van der Waals surface area contributed by atoms with Crippen LogP contribution in [0, 0.1) is 0 Å². The monoisotopic (exact) mass is 272 g/mol. The fraction of sp³-hybridized carbons (Fsp3) is 0.267. The molecular weight excluding hydrogens is 256 g/mol. The van der Waals surface area contributed by atoms with E-state index in [1.54, 1.807) is 11.8 Å². The van der Waals surface area contributed by atoms with Gasteiger partial charge in [0, 0.05) is 29.9 Å². The lowest BCUT2D eigenvalue weighted by molar-refractivity contribution is -0.119. The molecule has 0 saturated carbocycles. The third kappa shape index (κ3) is 2.54. The van der Waals surface area contributed by atoms with E-state index in [1.165, 1.54) is 11.3 Å². The zero-order chi connectivity index (χ0) is 13.2. The molecule has 1 atom stereocenters. The van der Waals surface area contributed by atoms with E-state index in [1.807, 2.05) is 18.2 Å². The van der Waals surface area contributed by atoms with Gasteiger partial charge >= 0.3 is 0 Å².